The van der Waals surface area contributed by atoms with E-state index in [-0.39, 0.29) is 24.0 Å². The Labute approximate surface area is 161 Å². The summed E-state index contributed by atoms with van der Waals surface area (Å²) < 4.78 is 5.14. The van der Waals surface area contributed by atoms with Crippen LogP contribution in [-0.2, 0) is 4.79 Å². The molecule has 0 atom stereocenters. The lowest BCUT2D eigenvalue weighted by atomic mass is 10.1. The van der Waals surface area contributed by atoms with Gasteiger partial charge in [0.25, 0.3) is 5.91 Å². The molecule has 1 aromatic heterocycles. The summed E-state index contributed by atoms with van der Waals surface area (Å²) in [7, 11) is 0. The molecule has 0 aliphatic heterocycles. The van der Waals surface area contributed by atoms with Crippen LogP contribution in [0.4, 0.5) is 5.69 Å². The highest BCUT2D eigenvalue weighted by Gasteiger charge is 2.19. The van der Waals surface area contributed by atoms with Crippen LogP contribution in [0.2, 0.25) is 0 Å². The zero-order chi connectivity index (χ0) is 19.3. The maximum absolute atomic E-state index is 12.6. The van der Waals surface area contributed by atoms with Crippen LogP contribution in [0.15, 0.2) is 47.3 Å². The summed E-state index contributed by atoms with van der Waals surface area (Å²) in [5.74, 6) is -0.113. The number of nitrogens with zero attached hydrogens (tertiary/aromatic N) is 2. The number of unbranched alkanes of at least 4 members (excludes halogenated alkanes) is 5. The van der Waals surface area contributed by atoms with Crippen LogP contribution in [0.25, 0.3) is 0 Å². The third kappa shape index (κ3) is 7.64. The number of para-hydroxylation sites is 1. The summed E-state index contributed by atoms with van der Waals surface area (Å²) >= 11 is 0. The second-order valence-electron chi connectivity index (χ2n) is 6.59. The fourth-order valence-electron chi connectivity index (χ4n) is 2.86. The predicted octanol–water partition coefficient (Wildman–Crippen LogP) is 4.51. The minimum Gasteiger partial charge on any atom is -0.438 e. The van der Waals surface area contributed by atoms with E-state index >= 15 is 0 Å². The van der Waals surface area contributed by atoms with E-state index in [1.807, 2.05) is 30.3 Å². The van der Waals surface area contributed by atoms with Crippen LogP contribution in [-0.4, -0.2) is 34.8 Å². The number of carbonyl (C=O) groups is 2. The molecule has 0 aliphatic carbocycles. The van der Waals surface area contributed by atoms with E-state index in [0.717, 1.165) is 18.5 Å². The summed E-state index contributed by atoms with van der Waals surface area (Å²) in [5, 5.41) is 2.85. The van der Waals surface area contributed by atoms with Crippen molar-refractivity contribution in [2.24, 2.45) is 0 Å². The van der Waals surface area contributed by atoms with E-state index < -0.39 is 0 Å². The van der Waals surface area contributed by atoms with Crippen LogP contribution in [0, 0.1) is 0 Å². The second-order valence-corrected chi connectivity index (χ2v) is 6.59. The molecule has 1 heterocycles. The molecule has 2 rings (SSSR count). The topological polar surface area (TPSA) is 75.4 Å². The SMILES string of the molecule is CCCCCCCCN(CCC(=O)Nc1ccccc1)C(=O)c1cnco1. The van der Waals surface area contributed by atoms with Crippen molar-refractivity contribution in [1.29, 1.82) is 0 Å². The molecule has 0 radical (unpaired) electrons. The molecule has 0 saturated carbocycles. The Morgan fingerprint density at radius 3 is 2.48 bits per heavy atom. The number of amides is 2. The van der Waals surface area contributed by atoms with E-state index in [1.165, 1.54) is 38.3 Å². The average Bonchev–Trinajstić information content (AvgIpc) is 3.22. The number of hydrogen-bond acceptors (Lipinski definition) is 4. The molecular formula is C21H29N3O3. The van der Waals surface area contributed by atoms with E-state index in [2.05, 4.69) is 17.2 Å². The minimum absolute atomic E-state index is 0.112. The fraction of sp³-hybridized carbons (Fsp3) is 0.476. The van der Waals surface area contributed by atoms with Gasteiger partial charge in [0.15, 0.2) is 6.39 Å². The fourth-order valence-corrected chi connectivity index (χ4v) is 2.86. The Hall–Kier alpha value is -2.63. The monoisotopic (exact) mass is 371 g/mol. The lowest BCUT2D eigenvalue weighted by molar-refractivity contribution is -0.116. The molecule has 0 aliphatic rings. The molecule has 2 aromatic rings. The number of rotatable bonds is 12. The van der Waals surface area contributed by atoms with Gasteiger partial charge in [0.1, 0.15) is 0 Å². The molecule has 27 heavy (non-hydrogen) atoms. The second kappa shape index (κ2) is 11.9. The average molecular weight is 371 g/mol. The van der Waals surface area contributed by atoms with Gasteiger partial charge < -0.3 is 14.6 Å². The van der Waals surface area contributed by atoms with Gasteiger partial charge in [-0.25, -0.2) is 4.98 Å². The Morgan fingerprint density at radius 2 is 1.78 bits per heavy atom. The number of hydrogen-bond donors (Lipinski definition) is 1. The van der Waals surface area contributed by atoms with Crippen molar-refractivity contribution in [3.05, 3.63) is 48.7 Å². The van der Waals surface area contributed by atoms with Crippen molar-refractivity contribution in [3.63, 3.8) is 0 Å². The highest BCUT2D eigenvalue weighted by Crippen LogP contribution is 2.11. The number of oxazole rings is 1. The predicted molar refractivity (Wildman–Crippen MR) is 105 cm³/mol. The van der Waals surface area contributed by atoms with Crippen molar-refractivity contribution in [2.75, 3.05) is 18.4 Å². The lowest BCUT2D eigenvalue weighted by Crippen LogP contribution is -2.34. The first-order chi connectivity index (χ1) is 13.2. The van der Waals surface area contributed by atoms with E-state index in [9.17, 15) is 9.59 Å². The van der Waals surface area contributed by atoms with Gasteiger partial charge in [0, 0.05) is 25.2 Å². The van der Waals surface area contributed by atoms with Gasteiger partial charge >= 0.3 is 0 Å². The van der Waals surface area contributed by atoms with Crippen molar-refractivity contribution < 1.29 is 14.0 Å². The van der Waals surface area contributed by atoms with Gasteiger partial charge in [-0.1, -0.05) is 57.2 Å². The molecule has 6 heteroatoms. The first-order valence-electron chi connectivity index (χ1n) is 9.73. The van der Waals surface area contributed by atoms with Crippen LogP contribution >= 0.6 is 0 Å². The summed E-state index contributed by atoms with van der Waals surface area (Å²) in [6.07, 6.45) is 9.77. The molecule has 1 aromatic carbocycles. The Kier molecular flexibility index (Phi) is 9.10. The molecule has 0 fully saturated rings. The lowest BCUT2D eigenvalue weighted by Gasteiger charge is -2.21. The number of nitrogens with one attached hydrogen (secondary N) is 1. The first kappa shape index (κ1) is 20.7. The largest absolute Gasteiger partial charge is 0.438 e. The third-order valence-electron chi connectivity index (χ3n) is 4.38. The van der Waals surface area contributed by atoms with Crippen molar-refractivity contribution in [3.8, 4) is 0 Å². The highest BCUT2D eigenvalue weighted by atomic mass is 16.3. The molecule has 0 unspecified atom stereocenters. The van der Waals surface area contributed by atoms with Crippen molar-refractivity contribution >= 4 is 17.5 Å². The quantitative estimate of drug-likeness (QED) is 0.557. The Balaban J connectivity index is 1.83. The first-order valence-corrected chi connectivity index (χ1v) is 9.73. The van der Waals surface area contributed by atoms with E-state index in [4.69, 9.17) is 4.42 Å². The minimum atomic E-state index is -0.214. The Morgan fingerprint density at radius 1 is 1.04 bits per heavy atom. The van der Waals surface area contributed by atoms with Crippen molar-refractivity contribution in [1.82, 2.24) is 9.88 Å². The van der Waals surface area contributed by atoms with Crippen LogP contribution in [0.1, 0.15) is 62.4 Å². The molecule has 6 nitrogen and oxygen atoms in total. The summed E-state index contributed by atoms with van der Waals surface area (Å²) in [6, 6.07) is 9.31. The summed E-state index contributed by atoms with van der Waals surface area (Å²) in [6.45, 7) is 3.16. The zero-order valence-corrected chi connectivity index (χ0v) is 16.0. The molecular weight excluding hydrogens is 342 g/mol. The summed E-state index contributed by atoms with van der Waals surface area (Å²) in [5.41, 5.74) is 0.756. The van der Waals surface area contributed by atoms with Crippen LogP contribution in [0.3, 0.4) is 0 Å². The van der Waals surface area contributed by atoms with Crippen LogP contribution in [0.5, 0.6) is 0 Å². The smallest absolute Gasteiger partial charge is 0.291 e. The van der Waals surface area contributed by atoms with E-state index in [0.29, 0.717) is 13.1 Å². The Bertz CT molecular complexity index is 671. The zero-order valence-electron chi connectivity index (χ0n) is 16.0. The van der Waals surface area contributed by atoms with Gasteiger partial charge in [-0.15, -0.1) is 0 Å². The van der Waals surface area contributed by atoms with Crippen molar-refractivity contribution in [2.45, 2.75) is 51.9 Å². The van der Waals surface area contributed by atoms with Gasteiger partial charge in [-0.05, 0) is 18.6 Å². The number of benzene rings is 1. The van der Waals surface area contributed by atoms with Crippen LogP contribution < -0.4 is 5.32 Å². The molecule has 146 valence electrons. The molecule has 1 N–H and O–H groups in total. The maximum Gasteiger partial charge on any atom is 0.291 e. The van der Waals surface area contributed by atoms with Gasteiger partial charge in [0.2, 0.25) is 11.7 Å². The third-order valence-corrected chi connectivity index (χ3v) is 4.38. The molecule has 0 spiro atoms. The molecule has 0 bridgehead atoms. The van der Waals surface area contributed by atoms with E-state index in [1.54, 1.807) is 4.90 Å². The normalized spacial score (nSPS) is 10.6. The number of aromatic nitrogens is 1. The van der Waals surface area contributed by atoms with Gasteiger partial charge in [-0.3, -0.25) is 9.59 Å². The summed E-state index contributed by atoms with van der Waals surface area (Å²) in [4.78, 5) is 30.3. The number of carbonyl (C=O) groups excluding carboxylic acids is 2. The maximum atomic E-state index is 12.6. The molecule has 0 saturated heterocycles. The van der Waals surface area contributed by atoms with Gasteiger partial charge in [-0.2, -0.15) is 0 Å². The molecule has 2 amide bonds. The number of anilines is 1. The standard InChI is InChI=1S/C21H29N3O3/c1-2-3-4-5-6-10-14-24(21(26)19-16-22-17-27-19)15-13-20(25)23-18-11-8-7-9-12-18/h7-9,11-12,16-17H,2-6,10,13-15H2,1H3,(H,23,25). The highest BCUT2D eigenvalue weighted by molar-refractivity contribution is 5.93. The van der Waals surface area contributed by atoms with Gasteiger partial charge in [0.05, 0.1) is 6.20 Å².